The van der Waals surface area contributed by atoms with Gasteiger partial charge < -0.3 is 16.4 Å². The molecular formula is C14H21N3O2. The molecule has 0 saturated carbocycles. The minimum atomic E-state index is -0.432. The van der Waals surface area contributed by atoms with E-state index in [0.717, 1.165) is 12.0 Å². The van der Waals surface area contributed by atoms with E-state index < -0.39 is 5.91 Å². The van der Waals surface area contributed by atoms with Crippen LogP contribution in [0, 0.1) is 0 Å². The van der Waals surface area contributed by atoms with Crippen molar-refractivity contribution in [2.45, 2.75) is 26.3 Å². The lowest BCUT2D eigenvalue weighted by Crippen LogP contribution is -2.28. The largest absolute Gasteiger partial charge is 0.366 e. The van der Waals surface area contributed by atoms with Crippen LogP contribution in [0.4, 0.5) is 0 Å². The van der Waals surface area contributed by atoms with Crippen molar-refractivity contribution in [2.24, 2.45) is 5.73 Å². The Morgan fingerprint density at radius 1 is 1.21 bits per heavy atom. The van der Waals surface area contributed by atoms with E-state index in [4.69, 9.17) is 5.73 Å². The van der Waals surface area contributed by atoms with Crippen molar-refractivity contribution in [3.8, 4) is 0 Å². The monoisotopic (exact) mass is 263 g/mol. The Balaban J connectivity index is 2.33. The maximum Gasteiger partial charge on any atom is 0.249 e. The van der Waals surface area contributed by atoms with Gasteiger partial charge in [-0.25, -0.2) is 0 Å². The highest BCUT2D eigenvalue weighted by molar-refractivity contribution is 5.94. The van der Waals surface area contributed by atoms with Crippen LogP contribution in [0.2, 0.25) is 0 Å². The number of amides is 2. The molecule has 0 aromatic heterocycles. The van der Waals surface area contributed by atoms with Gasteiger partial charge in [0, 0.05) is 31.6 Å². The van der Waals surface area contributed by atoms with Crippen LogP contribution in [-0.4, -0.2) is 24.9 Å². The molecule has 2 amide bonds. The first kappa shape index (κ1) is 15.2. The maximum atomic E-state index is 11.4. The highest BCUT2D eigenvalue weighted by Crippen LogP contribution is 2.07. The summed E-state index contributed by atoms with van der Waals surface area (Å²) in [4.78, 5) is 22.6. The van der Waals surface area contributed by atoms with Crippen molar-refractivity contribution in [1.82, 2.24) is 10.6 Å². The molecule has 4 N–H and O–H groups in total. The van der Waals surface area contributed by atoms with E-state index in [1.807, 2.05) is 19.1 Å². The molecule has 1 aromatic rings. The van der Waals surface area contributed by atoms with Gasteiger partial charge in [0.25, 0.3) is 0 Å². The molecule has 1 aromatic carbocycles. The van der Waals surface area contributed by atoms with E-state index in [1.54, 1.807) is 12.1 Å². The van der Waals surface area contributed by atoms with E-state index in [9.17, 15) is 9.59 Å². The number of carbonyl (C=O) groups is 2. The Labute approximate surface area is 113 Å². The lowest BCUT2D eigenvalue weighted by Gasteiger charge is -2.08. The number of carbonyl (C=O) groups excluding carboxylic acids is 2. The smallest absolute Gasteiger partial charge is 0.249 e. The summed E-state index contributed by atoms with van der Waals surface area (Å²) < 4.78 is 0. The molecule has 104 valence electrons. The minimum absolute atomic E-state index is 0.0394. The molecule has 0 saturated heterocycles. The number of hydrogen-bond acceptors (Lipinski definition) is 3. The van der Waals surface area contributed by atoms with Crippen LogP contribution in [-0.2, 0) is 11.3 Å². The highest BCUT2D eigenvalue weighted by Gasteiger charge is 2.06. The van der Waals surface area contributed by atoms with Crippen molar-refractivity contribution in [2.75, 3.05) is 13.1 Å². The van der Waals surface area contributed by atoms with Crippen LogP contribution in [0.25, 0.3) is 0 Å². The third kappa shape index (κ3) is 5.52. The number of nitrogens with two attached hydrogens (primary N) is 1. The normalized spacial score (nSPS) is 10.2. The van der Waals surface area contributed by atoms with Gasteiger partial charge in [0.05, 0.1) is 0 Å². The van der Waals surface area contributed by atoms with Crippen molar-refractivity contribution in [3.05, 3.63) is 35.4 Å². The molecule has 0 atom stereocenters. The predicted molar refractivity (Wildman–Crippen MR) is 74.6 cm³/mol. The van der Waals surface area contributed by atoms with E-state index in [-0.39, 0.29) is 5.91 Å². The summed E-state index contributed by atoms with van der Waals surface area (Å²) in [5.41, 5.74) is 6.66. The Kier molecular flexibility index (Phi) is 6.60. The van der Waals surface area contributed by atoms with Gasteiger partial charge in [0.1, 0.15) is 0 Å². The first-order valence-electron chi connectivity index (χ1n) is 6.50. The van der Waals surface area contributed by atoms with Gasteiger partial charge in [-0.05, 0) is 18.1 Å². The SMILES string of the molecule is CCCNC(=O)CCNCc1ccccc1C(N)=O. The molecule has 0 unspecified atom stereocenters. The summed E-state index contributed by atoms with van der Waals surface area (Å²) in [5.74, 6) is -0.393. The number of primary amides is 1. The molecule has 0 fully saturated rings. The zero-order chi connectivity index (χ0) is 14.1. The molecular weight excluding hydrogens is 242 g/mol. The summed E-state index contributed by atoms with van der Waals surface area (Å²) in [6.07, 6.45) is 1.36. The summed E-state index contributed by atoms with van der Waals surface area (Å²) in [5, 5.41) is 5.94. The summed E-state index contributed by atoms with van der Waals surface area (Å²) >= 11 is 0. The topological polar surface area (TPSA) is 84.2 Å². The molecule has 1 rings (SSSR count). The average Bonchev–Trinajstić information content (AvgIpc) is 2.41. The summed E-state index contributed by atoms with van der Waals surface area (Å²) in [6, 6.07) is 7.19. The van der Waals surface area contributed by atoms with Crippen LogP contribution in [0.1, 0.15) is 35.7 Å². The molecule has 5 heteroatoms. The third-order valence-corrected chi connectivity index (χ3v) is 2.70. The molecule has 0 radical (unpaired) electrons. The first-order chi connectivity index (χ1) is 9.15. The minimum Gasteiger partial charge on any atom is -0.366 e. The second kappa shape index (κ2) is 8.26. The average molecular weight is 263 g/mol. The lowest BCUT2D eigenvalue weighted by molar-refractivity contribution is -0.120. The Morgan fingerprint density at radius 3 is 2.63 bits per heavy atom. The number of nitrogens with one attached hydrogen (secondary N) is 2. The van der Waals surface area contributed by atoms with Crippen LogP contribution >= 0.6 is 0 Å². The highest BCUT2D eigenvalue weighted by atomic mass is 16.1. The van der Waals surface area contributed by atoms with Crippen molar-refractivity contribution in [3.63, 3.8) is 0 Å². The predicted octanol–water partition coefficient (Wildman–Crippen LogP) is 0.791. The lowest BCUT2D eigenvalue weighted by atomic mass is 10.1. The molecule has 0 spiro atoms. The molecule has 19 heavy (non-hydrogen) atoms. The van der Waals surface area contributed by atoms with Crippen molar-refractivity contribution < 1.29 is 9.59 Å². The maximum absolute atomic E-state index is 11.4. The van der Waals surface area contributed by atoms with Crippen molar-refractivity contribution >= 4 is 11.8 Å². The van der Waals surface area contributed by atoms with Gasteiger partial charge in [-0.2, -0.15) is 0 Å². The van der Waals surface area contributed by atoms with Gasteiger partial charge in [-0.1, -0.05) is 25.1 Å². The standard InChI is InChI=1S/C14H21N3O2/c1-2-8-17-13(18)7-9-16-10-11-5-3-4-6-12(11)14(15)19/h3-6,16H,2,7-10H2,1H3,(H2,15,19)(H,17,18). The van der Waals surface area contributed by atoms with Crippen molar-refractivity contribution in [1.29, 1.82) is 0 Å². The molecule has 0 bridgehead atoms. The molecule has 0 aliphatic rings. The van der Waals surface area contributed by atoms with Gasteiger partial charge in [-0.3, -0.25) is 9.59 Å². The van der Waals surface area contributed by atoms with Gasteiger partial charge >= 0.3 is 0 Å². The van der Waals surface area contributed by atoms with Crippen LogP contribution < -0.4 is 16.4 Å². The molecule has 0 aliphatic carbocycles. The van der Waals surface area contributed by atoms with Crippen LogP contribution in [0.3, 0.4) is 0 Å². The second-order valence-electron chi connectivity index (χ2n) is 4.30. The fraction of sp³-hybridized carbons (Fsp3) is 0.429. The fourth-order valence-electron chi connectivity index (χ4n) is 1.69. The molecule has 0 aliphatic heterocycles. The fourth-order valence-corrected chi connectivity index (χ4v) is 1.69. The van der Waals surface area contributed by atoms with Gasteiger partial charge in [0.2, 0.25) is 11.8 Å². The molecule has 0 heterocycles. The number of hydrogen-bond donors (Lipinski definition) is 3. The number of benzene rings is 1. The zero-order valence-corrected chi connectivity index (χ0v) is 11.2. The quantitative estimate of drug-likeness (QED) is 0.606. The Morgan fingerprint density at radius 2 is 1.95 bits per heavy atom. The number of rotatable bonds is 8. The van der Waals surface area contributed by atoms with Gasteiger partial charge in [-0.15, -0.1) is 0 Å². The Hall–Kier alpha value is -1.88. The van der Waals surface area contributed by atoms with E-state index in [2.05, 4.69) is 10.6 Å². The van der Waals surface area contributed by atoms with E-state index in [1.165, 1.54) is 0 Å². The van der Waals surface area contributed by atoms with Gasteiger partial charge in [0.15, 0.2) is 0 Å². The van der Waals surface area contributed by atoms with E-state index >= 15 is 0 Å². The Bertz CT molecular complexity index is 432. The zero-order valence-electron chi connectivity index (χ0n) is 11.2. The molecule has 5 nitrogen and oxygen atoms in total. The first-order valence-corrected chi connectivity index (χ1v) is 6.50. The van der Waals surface area contributed by atoms with Crippen LogP contribution in [0.15, 0.2) is 24.3 Å². The van der Waals surface area contributed by atoms with E-state index in [0.29, 0.717) is 31.6 Å². The summed E-state index contributed by atoms with van der Waals surface area (Å²) in [6.45, 7) is 3.82. The second-order valence-corrected chi connectivity index (χ2v) is 4.30. The summed E-state index contributed by atoms with van der Waals surface area (Å²) in [7, 11) is 0. The third-order valence-electron chi connectivity index (χ3n) is 2.70. The van der Waals surface area contributed by atoms with Crippen LogP contribution in [0.5, 0.6) is 0 Å².